The molecule has 2 N–H and O–H groups in total. The minimum absolute atomic E-state index is 0.0416. The standard InChI is InChI=1S/C24H28N2O3/c1-16(2)23(18-9-13-21(29-3)14-10-18)26-22(27)15-6-17-4-7-19(8-5-17)24(28)25-20-11-12-20/h4-10,13-16,20,23H,11-12H2,1-3H3,(H,25,28)(H,26,27)/b15-6+. The van der Waals surface area contributed by atoms with Crippen LogP contribution < -0.4 is 15.4 Å². The normalized spacial score (nSPS) is 14.6. The molecule has 2 aromatic carbocycles. The molecule has 0 heterocycles. The molecule has 0 bridgehead atoms. The van der Waals surface area contributed by atoms with Gasteiger partial charge in [-0.05, 0) is 60.2 Å². The van der Waals surface area contributed by atoms with E-state index in [0.717, 1.165) is 29.7 Å². The molecule has 1 aliphatic carbocycles. The predicted octanol–water partition coefficient (Wildman–Crippen LogP) is 4.11. The van der Waals surface area contributed by atoms with Crippen molar-refractivity contribution < 1.29 is 14.3 Å². The maximum Gasteiger partial charge on any atom is 0.251 e. The number of hydrogen-bond acceptors (Lipinski definition) is 3. The summed E-state index contributed by atoms with van der Waals surface area (Å²) in [5, 5.41) is 6.03. The number of amides is 2. The van der Waals surface area contributed by atoms with Gasteiger partial charge in [0.2, 0.25) is 5.91 Å². The Labute approximate surface area is 172 Å². The molecule has 1 unspecified atom stereocenters. The van der Waals surface area contributed by atoms with Crippen LogP contribution in [0.15, 0.2) is 54.6 Å². The number of ether oxygens (including phenoxy) is 1. The monoisotopic (exact) mass is 392 g/mol. The highest BCUT2D eigenvalue weighted by Gasteiger charge is 2.23. The van der Waals surface area contributed by atoms with Gasteiger partial charge in [0, 0.05) is 17.7 Å². The Balaban J connectivity index is 1.60. The number of rotatable bonds is 8. The molecule has 0 radical (unpaired) electrons. The van der Waals surface area contributed by atoms with Crippen molar-refractivity contribution in [3.63, 3.8) is 0 Å². The van der Waals surface area contributed by atoms with Crippen LogP contribution in [0.1, 0.15) is 54.2 Å². The molecule has 2 amide bonds. The Hall–Kier alpha value is -3.08. The minimum Gasteiger partial charge on any atom is -0.497 e. The maximum absolute atomic E-state index is 12.4. The van der Waals surface area contributed by atoms with Gasteiger partial charge in [0.1, 0.15) is 5.75 Å². The highest BCUT2D eigenvalue weighted by molar-refractivity contribution is 5.95. The molecular weight excluding hydrogens is 364 g/mol. The smallest absolute Gasteiger partial charge is 0.251 e. The molecule has 29 heavy (non-hydrogen) atoms. The third-order valence-electron chi connectivity index (χ3n) is 4.95. The van der Waals surface area contributed by atoms with Crippen LogP contribution in [0.25, 0.3) is 6.08 Å². The van der Waals surface area contributed by atoms with Gasteiger partial charge in [0.05, 0.1) is 13.2 Å². The van der Waals surface area contributed by atoms with E-state index in [-0.39, 0.29) is 23.8 Å². The topological polar surface area (TPSA) is 67.4 Å². The van der Waals surface area contributed by atoms with Crippen molar-refractivity contribution in [3.8, 4) is 5.75 Å². The quantitative estimate of drug-likeness (QED) is 0.664. The first-order valence-electron chi connectivity index (χ1n) is 9.99. The Bertz CT molecular complexity index is 866. The summed E-state index contributed by atoms with van der Waals surface area (Å²) >= 11 is 0. The van der Waals surface area contributed by atoms with Crippen LogP contribution >= 0.6 is 0 Å². The third-order valence-corrected chi connectivity index (χ3v) is 4.95. The van der Waals surface area contributed by atoms with Crippen molar-refractivity contribution in [2.45, 2.75) is 38.8 Å². The van der Waals surface area contributed by atoms with Gasteiger partial charge in [-0.2, -0.15) is 0 Å². The fourth-order valence-corrected chi connectivity index (χ4v) is 3.06. The lowest BCUT2D eigenvalue weighted by Crippen LogP contribution is -2.30. The van der Waals surface area contributed by atoms with E-state index >= 15 is 0 Å². The molecule has 2 aromatic rings. The number of carbonyl (C=O) groups excluding carboxylic acids is 2. The van der Waals surface area contributed by atoms with Gasteiger partial charge in [-0.1, -0.05) is 38.1 Å². The van der Waals surface area contributed by atoms with E-state index in [1.54, 1.807) is 25.3 Å². The highest BCUT2D eigenvalue weighted by atomic mass is 16.5. The number of benzene rings is 2. The van der Waals surface area contributed by atoms with Crippen LogP contribution in [0.5, 0.6) is 5.75 Å². The SMILES string of the molecule is COc1ccc(C(NC(=O)/C=C/c2ccc(C(=O)NC3CC3)cc2)C(C)C)cc1. The molecule has 0 saturated heterocycles. The Morgan fingerprint density at radius 3 is 2.24 bits per heavy atom. The van der Waals surface area contributed by atoms with E-state index in [2.05, 4.69) is 24.5 Å². The van der Waals surface area contributed by atoms with Gasteiger partial charge in [-0.3, -0.25) is 9.59 Å². The summed E-state index contributed by atoms with van der Waals surface area (Å²) in [6, 6.07) is 15.2. The maximum atomic E-state index is 12.4. The molecule has 1 saturated carbocycles. The van der Waals surface area contributed by atoms with Gasteiger partial charge >= 0.3 is 0 Å². The largest absolute Gasteiger partial charge is 0.497 e. The van der Waals surface area contributed by atoms with Gasteiger partial charge in [0.15, 0.2) is 0 Å². The molecule has 0 aromatic heterocycles. The molecule has 0 spiro atoms. The molecule has 1 atom stereocenters. The lowest BCUT2D eigenvalue weighted by molar-refractivity contribution is -0.117. The van der Waals surface area contributed by atoms with Gasteiger partial charge in [-0.25, -0.2) is 0 Å². The minimum atomic E-state index is -0.157. The number of hydrogen-bond donors (Lipinski definition) is 2. The summed E-state index contributed by atoms with van der Waals surface area (Å²) in [5.74, 6) is 0.830. The summed E-state index contributed by atoms with van der Waals surface area (Å²) in [4.78, 5) is 24.5. The molecular formula is C24H28N2O3. The second-order valence-electron chi connectivity index (χ2n) is 7.71. The van der Waals surface area contributed by atoms with E-state index in [4.69, 9.17) is 4.74 Å². The zero-order valence-corrected chi connectivity index (χ0v) is 17.1. The first kappa shape index (κ1) is 20.6. The second-order valence-corrected chi connectivity index (χ2v) is 7.71. The number of methoxy groups -OCH3 is 1. The summed E-state index contributed by atoms with van der Waals surface area (Å²) in [5.41, 5.74) is 2.54. The Morgan fingerprint density at radius 1 is 1.03 bits per heavy atom. The first-order chi connectivity index (χ1) is 14.0. The number of nitrogens with one attached hydrogen (secondary N) is 2. The summed E-state index contributed by atoms with van der Waals surface area (Å²) in [7, 11) is 1.63. The van der Waals surface area contributed by atoms with E-state index < -0.39 is 0 Å². The van der Waals surface area contributed by atoms with Crippen molar-refractivity contribution in [2.75, 3.05) is 7.11 Å². The summed E-state index contributed by atoms with van der Waals surface area (Å²) < 4.78 is 5.20. The third kappa shape index (κ3) is 5.95. The van der Waals surface area contributed by atoms with Crippen molar-refractivity contribution in [3.05, 3.63) is 71.3 Å². The van der Waals surface area contributed by atoms with Gasteiger partial charge < -0.3 is 15.4 Å². The van der Waals surface area contributed by atoms with Gasteiger partial charge in [0.25, 0.3) is 5.91 Å². The first-order valence-corrected chi connectivity index (χ1v) is 9.99. The molecule has 5 heteroatoms. The predicted molar refractivity (Wildman–Crippen MR) is 115 cm³/mol. The van der Waals surface area contributed by atoms with Crippen LogP contribution in [0.3, 0.4) is 0 Å². The Morgan fingerprint density at radius 2 is 1.69 bits per heavy atom. The molecule has 152 valence electrons. The fraction of sp³-hybridized carbons (Fsp3) is 0.333. The van der Waals surface area contributed by atoms with Crippen molar-refractivity contribution >= 4 is 17.9 Å². The van der Waals surface area contributed by atoms with Crippen molar-refractivity contribution in [2.24, 2.45) is 5.92 Å². The van der Waals surface area contributed by atoms with Crippen LogP contribution in [0.4, 0.5) is 0 Å². The lowest BCUT2D eigenvalue weighted by Gasteiger charge is -2.22. The average Bonchev–Trinajstić information content (AvgIpc) is 3.54. The zero-order chi connectivity index (χ0) is 20.8. The lowest BCUT2D eigenvalue weighted by atomic mass is 9.96. The second kappa shape index (κ2) is 9.41. The highest BCUT2D eigenvalue weighted by Crippen LogP contribution is 2.24. The van der Waals surface area contributed by atoms with Crippen molar-refractivity contribution in [1.82, 2.24) is 10.6 Å². The number of carbonyl (C=O) groups is 2. The van der Waals surface area contributed by atoms with Crippen LogP contribution in [0, 0.1) is 5.92 Å². The fourth-order valence-electron chi connectivity index (χ4n) is 3.06. The van der Waals surface area contributed by atoms with E-state index in [9.17, 15) is 9.59 Å². The summed E-state index contributed by atoms with van der Waals surface area (Å²) in [6.07, 6.45) is 5.41. The van der Waals surface area contributed by atoms with Crippen LogP contribution in [-0.2, 0) is 4.79 Å². The van der Waals surface area contributed by atoms with E-state index in [1.165, 1.54) is 6.08 Å². The molecule has 1 fully saturated rings. The molecule has 1 aliphatic rings. The van der Waals surface area contributed by atoms with Crippen LogP contribution in [0.2, 0.25) is 0 Å². The van der Waals surface area contributed by atoms with Crippen LogP contribution in [-0.4, -0.2) is 25.0 Å². The molecule has 3 rings (SSSR count). The van der Waals surface area contributed by atoms with Gasteiger partial charge in [-0.15, -0.1) is 0 Å². The van der Waals surface area contributed by atoms with E-state index in [0.29, 0.717) is 11.6 Å². The van der Waals surface area contributed by atoms with Crippen molar-refractivity contribution in [1.29, 1.82) is 0 Å². The average molecular weight is 392 g/mol. The zero-order valence-electron chi connectivity index (χ0n) is 17.1. The Kier molecular flexibility index (Phi) is 6.70. The summed E-state index contributed by atoms with van der Waals surface area (Å²) in [6.45, 7) is 4.15. The van der Waals surface area contributed by atoms with E-state index in [1.807, 2.05) is 36.4 Å². The molecule has 0 aliphatic heterocycles. The molecule has 5 nitrogen and oxygen atoms in total.